The zero-order valence-electron chi connectivity index (χ0n) is 11.1. The molecule has 0 aromatic carbocycles. The van der Waals surface area contributed by atoms with Crippen LogP contribution in [0.25, 0.3) is 0 Å². The van der Waals surface area contributed by atoms with E-state index >= 15 is 0 Å². The van der Waals surface area contributed by atoms with Gasteiger partial charge in [-0.3, -0.25) is 4.79 Å². The number of thioether (sulfide) groups is 1. The summed E-state index contributed by atoms with van der Waals surface area (Å²) in [6.45, 7) is 2.21. The lowest BCUT2D eigenvalue weighted by atomic mass is 9.83. The van der Waals surface area contributed by atoms with Crippen LogP contribution in [0.5, 0.6) is 0 Å². The molecule has 17 heavy (non-hydrogen) atoms. The first-order chi connectivity index (χ1) is 8.19. The Labute approximate surface area is 109 Å². The molecule has 0 spiro atoms. The maximum absolute atomic E-state index is 11.9. The summed E-state index contributed by atoms with van der Waals surface area (Å²) in [5.74, 6) is 1.65. The molecule has 1 aliphatic carbocycles. The molecular weight excluding hydrogens is 232 g/mol. The van der Waals surface area contributed by atoms with Gasteiger partial charge in [-0.2, -0.15) is 11.8 Å². The summed E-state index contributed by atoms with van der Waals surface area (Å²) in [6, 6.07) is 0.0310. The molecule has 0 bridgehead atoms. The zero-order chi connectivity index (χ0) is 12.7. The fourth-order valence-corrected chi connectivity index (χ4v) is 3.04. The van der Waals surface area contributed by atoms with Crippen LogP contribution in [0.3, 0.4) is 0 Å². The van der Waals surface area contributed by atoms with Crippen molar-refractivity contribution in [2.45, 2.75) is 57.5 Å². The SMILES string of the molecule is CCC1CCCCC1NC(=O)[C@@H](N)CCSC. The van der Waals surface area contributed by atoms with Gasteiger partial charge in [-0.25, -0.2) is 0 Å². The van der Waals surface area contributed by atoms with Gasteiger partial charge in [0.2, 0.25) is 5.91 Å². The Morgan fingerprint density at radius 1 is 1.47 bits per heavy atom. The molecule has 1 rings (SSSR count). The van der Waals surface area contributed by atoms with Crippen LogP contribution in [0.2, 0.25) is 0 Å². The lowest BCUT2D eigenvalue weighted by Crippen LogP contribution is -2.49. The van der Waals surface area contributed by atoms with Gasteiger partial charge in [0.25, 0.3) is 0 Å². The van der Waals surface area contributed by atoms with E-state index < -0.39 is 0 Å². The third-order valence-corrected chi connectivity index (χ3v) is 4.37. The van der Waals surface area contributed by atoms with E-state index in [4.69, 9.17) is 5.73 Å². The van der Waals surface area contributed by atoms with E-state index in [1.807, 2.05) is 6.26 Å². The summed E-state index contributed by atoms with van der Waals surface area (Å²) in [6.07, 6.45) is 8.90. The fraction of sp³-hybridized carbons (Fsp3) is 0.923. The minimum absolute atomic E-state index is 0.0457. The Hall–Kier alpha value is -0.220. The second-order valence-corrected chi connectivity index (χ2v) is 5.94. The molecule has 0 heterocycles. The third-order valence-electron chi connectivity index (χ3n) is 3.73. The van der Waals surface area contributed by atoms with Crippen LogP contribution in [-0.4, -0.2) is 30.0 Å². The summed E-state index contributed by atoms with van der Waals surface area (Å²) in [4.78, 5) is 11.9. The summed E-state index contributed by atoms with van der Waals surface area (Å²) < 4.78 is 0. The predicted molar refractivity (Wildman–Crippen MR) is 75.2 cm³/mol. The largest absolute Gasteiger partial charge is 0.352 e. The van der Waals surface area contributed by atoms with Gasteiger partial charge >= 0.3 is 0 Å². The summed E-state index contributed by atoms with van der Waals surface area (Å²) in [5, 5.41) is 3.16. The topological polar surface area (TPSA) is 55.1 Å². The van der Waals surface area contributed by atoms with Crippen molar-refractivity contribution in [3.05, 3.63) is 0 Å². The highest BCUT2D eigenvalue weighted by atomic mass is 32.2. The number of nitrogens with one attached hydrogen (secondary N) is 1. The van der Waals surface area contributed by atoms with E-state index in [0.29, 0.717) is 12.0 Å². The number of carbonyl (C=O) groups is 1. The molecule has 100 valence electrons. The third kappa shape index (κ3) is 4.88. The van der Waals surface area contributed by atoms with E-state index in [2.05, 4.69) is 12.2 Å². The lowest BCUT2D eigenvalue weighted by Gasteiger charge is -2.32. The molecule has 0 aromatic heterocycles. The van der Waals surface area contributed by atoms with Crippen molar-refractivity contribution < 1.29 is 4.79 Å². The Kier molecular flexibility index (Phi) is 6.97. The van der Waals surface area contributed by atoms with Crippen LogP contribution in [0, 0.1) is 5.92 Å². The molecule has 0 aliphatic heterocycles. The van der Waals surface area contributed by atoms with Crippen LogP contribution < -0.4 is 11.1 Å². The Balaban J connectivity index is 2.37. The average Bonchev–Trinajstić information content (AvgIpc) is 2.36. The molecule has 1 fully saturated rings. The van der Waals surface area contributed by atoms with Crippen molar-refractivity contribution in [2.75, 3.05) is 12.0 Å². The van der Waals surface area contributed by atoms with Crippen LogP contribution in [0.15, 0.2) is 0 Å². The van der Waals surface area contributed by atoms with Crippen molar-refractivity contribution in [2.24, 2.45) is 11.7 Å². The van der Waals surface area contributed by atoms with Crippen molar-refractivity contribution in [1.29, 1.82) is 0 Å². The molecule has 2 unspecified atom stereocenters. The lowest BCUT2D eigenvalue weighted by molar-refractivity contribution is -0.123. The number of nitrogens with two attached hydrogens (primary N) is 1. The molecule has 4 heteroatoms. The molecule has 0 aromatic rings. The highest BCUT2D eigenvalue weighted by Crippen LogP contribution is 2.26. The maximum atomic E-state index is 11.9. The number of rotatable bonds is 6. The number of hydrogen-bond donors (Lipinski definition) is 2. The zero-order valence-corrected chi connectivity index (χ0v) is 11.9. The van der Waals surface area contributed by atoms with E-state index in [-0.39, 0.29) is 11.9 Å². The standard InChI is InChI=1S/C13H26N2OS/c1-3-10-6-4-5-7-12(10)15-13(16)11(14)8-9-17-2/h10-12H,3-9,14H2,1-2H3,(H,15,16)/t10?,11-,12?/m0/s1. The van der Waals surface area contributed by atoms with Crippen molar-refractivity contribution in [1.82, 2.24) is 5.32 Å². The molecule has 3 N–H and O–H groups in total. The van der Waals surface area contributed by atoms with E-state index in [0.717, 1.165) is 25.0 Å². The number of carbonyl (C=O) groups excluding carboxylic acids is 1. The van der Waals surface area contributed by atoms with Gasteiger partial charge in [0, 0.05) is 6.04 Å². The maximum Gasteiger partial charge on any atom is 0.237 e. The first-order valence-corrected chi connectivity index (χ1v) is 8.13. The molecule has 0 radical (unpaired) electrons. The summed E-state index contributed by atoms with van der Waals surface area (Å²) in [5.41, 5.74) is 5.88. The minimum atomic E-state index is -0.332. The molecule has 3 atom stereocenters. The fourth-order valence-electron chi connectivity index (χ4n) is 2.55. The monoisotopic (exact) mass is 258 g/mol. The van der Waals surface area contributed by atoms with Gasteiger partial charge in [-0.15, -0.1) is 0 Å². The number of amides is 1. The van der Waals surface area contributed by atoms with E-state index in [1.54, 1.807) is 11.8 Å². The van der Waals surface area contributed by atoms with Crippen molar-refractivity contribution in [3.63, 3.8) is 0 Å². The molecule has 0 saturated heterocycles. The van der Waals surface area contributed by atoms with Crippen LogP contribution in [0.1, 0.15) is 45.4 Å². The Morgan fingerprint density at radius 2 is 2.18 bits per heavy atom. The highest BCUT2D eigenvalue weighted by Gasteiger charge is 2.26. The van der Waals surface area contributed by atoms with Gasteiger partial charge in [-0.05, 0) is 37.2 Å². The van der Waals surface area contributed by atoms with E-state index in [1.165, 1.54) is 19.3 Å². The van der Waals surface area contributed by atoms with Crippen LogP contribution in [-0.2, 0) is 4.79 Å². The molecular formula is C13H26N2OS. The van der Waals surface area contributed by atoms with Gasteiger partial charge < -0.3 is 11.1 Å². The van der Waals surface area contributed by atoms with Crippen LogP contribution in [0.4, 0.5) is 0 Å². The predicted octanol–water partition coefficient (Wildman–Crippen LogP) is 2.15. The van der Waals surface area contributed by atoms with Crippen molar-refractivity contribution >= 4 is 17.7 Å². The first-order valence-electron chi connectivity index (χ1n) is 6.74. The van der Waals surface area contributed by atoms with Gasteiger partial charge in [0.1, 0.15) is 0 Å². The molecule has 3 nitrogen and oxygen atoms in total. The van der Waals surface area contributed by atoms with E-state index in [9.17, 15) is 4.79 Å². The highest BCUT2D eigenvalue weighted by molar-refractivity contribution is 7.98. The quantitative estimate of drug-likeness (QED) is 0.767. The molecule has 1 amide bonds. The minimum Gasteiger partial charge on any atom is -0.352 e. The second kappa shape index (κ2) is 7.98. The Bertz CT molecular complexity index is 235. The average molecular weight is 258 g/mol. The first kappa shape index (κ1) is 14.8. The van der Waals surface area contributed by atoms with Crippen LogP contribution >= 0.6 is 11.8 Å². The normalized spacial score (nSPS) is 26.5. The smallest absolute Gasteiger partial charge is 0.237 e. The van der Waals surface area contributed by atoms with Gasteiger partial charge in [0.05, 0.1) is 6.04 Å². The summed E-state index contributed by atoms with van der Waals surface area (Å²) in [7, 11) is 0. The van der Waals surface area contributed by atoms with Crippen molar-refractivity contribution in [3.8, 4) is 0 Å². The van der Waals surface area contributed by atoms with Gasteiger partial charge in [0.15, 0.2) is 0 Å². The summed E-state index contributed by atoms with van der Waals surface area (Å²) >= 11 is 1.74. The van der Waals surface area contributed by atoms with Gasteiger partial charge in [-0.1, -0.05) is 26.2 Å². The molecule has 1 saturated carbocycles. The Morgan fingerprint density at radius 3 is 2.82 bits per heavy atom. The second-order valence-electron chi connectivity index (χ2n) is 4.96. The molecule has 1 aliphatic rings. The number of hydrogen-bond acceptors (Lipinski definition) is 3.